The molecule has 1 rings (SSSR count). The van der Waals surface area contributed by atoms with Gasteiger partial charge in [0.15, 0.2) is 0 Å². The minimum atomic E-state index is 0.223. The second kappa shape index (κ2) is 4.03. The lowest BCUT2D eigenvalue weighted by Crippen LogP contribution is -1.77. The summed E-state index contributed by atoms with van der Waals surface area (Å²) in [4.78, 5) is 10.7. The normalized spacial score (nSPS) is 9.45. The van der Waals surface area contributed by atoms with E-state index in [1.54, 1.807) is 24.5 Å². The number of benzene rings is 1. The Kier molecular flexibility index (Phi) is 2.98. The third kappa shape index (κ3) is 2.63. The summed E-state index contributed by atoms with van der Waals surface area (Å²) >= 11 is 1.35. The lowest BCUT2D eigenvalue weighted by Gasteiger charge is -1.96. The second-order valence-corrected chi connectivity index (χ2v) is 2.98. The Hall–Kier alpha value is -0.960. The smallest absolute Gasteiger partial charge is 0.209 e. The molecule has 1 aromatic rings. The largest absolute Gasteiger partial charge is 0.508 e. The molecule has 0 aliphatic carbocycles. The molecule has 0 aromatic heterocycles. The summed E-state index contributed by atoms with van der Waals surface area (Å²) in [6.45, 7) is 0. The van der Waals surface area contributed by atoms with E-state index in [0.717, 1.165) is 4.90 Å². The van der Waals surface area contributed by atoms with Crippen LogP contribution in [0.4, 0.5) is 0 Å². The number of carbonyl (C=O) groups excluding carboxylic acids is 1. The van der Waals surface area contributed by atoms with Crippen LogP contribution in [0.1, 0.15) is 0 Å². The highest BCUT2D eigenvalue weighted by Gasteiger charge is 1.93. The SMILES string of the molecule is O=[C]CSc1cccc(O)c1. The molecule has 0 atom stereocenters. The van der Waals surface area contributed by atoms with Gasteiger partial charge in [-0.15, -0.1) is 11.8 Å². The maximum atomic E-state index is 9.85. The Morgan fingerprint density at radius 2 is 2.36 bits per heavy atom. The molecule has 0 saturated heterocycles. The van der Waals surface area contributed by atoms with Crippen LogP contribution in [0.2, 0.25) is 0 Å². The lowest BCUT2D eigenvalue weighted by atomic mass is 10.3. The van der Waals surface area contributed by atoms with Gasteiger partial charge in [-0.1, -0.05) is 6.07 Å². The van der Waals surface area contributed by atoms with E-state index in [2.05, 4.69) is 0 Å². The summed E-state index contributed by atoms with van der Waals surface area (Å²) in [7, 11) is 0. The van der Waals surface area contributed by atoms with Crippen LogP contribution in [0.5, 0.6) is 5.75 Å². The summed E-state index contributed by atoms with van der Waals surface area (Å²) in [6.07, 6.45) is 1.77. The molecule has 0 amide bonds. The first-order valence-corrected chi connectivity index (χ1v) is 4.08. The highest BCUT2D eigenvalue weighted by molar-refractivity contribution is 7.99. The van der Waals surface area contributed by atoms with Crippen molar-refractivity contribution in [3.8, 4) is 5.75 Å². The number of phenols is 1. The molecular formula is C8H7O2S. The van der Waals surface area contributed by atoms with Gasteiger partial charge in [0, 0.05) is 4.90 Å². The van der Waals surface area contributed by atoms with E-state index in [4.69, 9.17) is 5.11 Å². The predicted octanol–water partition coefficient (Wildman–Crippen LogP) is 1.59. The zero-order chi connectivity index (χ0) is 8.10. The van der Waals surface area contributed by atoms with Gasteiger partial charge in [0.2, 0.25) is 6.29 Å². The molecule has 0 aliphatic rings. The molecule has 0 bridgehead atoms. The molecular weight excluding hydrogens is 160 g/mol. The van der Waals surface area contributed by atoms with Gasteiger partial charge < -0.3 is 5.11 Å². The molecule has 3 heteroatoms. The average Bonchev–Trinajstić information content (AvgIpc) is 2.01. The Balaban J connectivity index is 2.63. The fourth-order valence-corrected chi connectivity index (χ4v) is 1.29. The van der Waals surface area contributed by atoms with Crippen molar-refractivity contribution in [1.29, 1.82) is 0 Å². The summed E-state index contributed by atoms with van der Waals surface area (Å²) in [5, 5.41) is 9.00. The Labute approximate surface area is 69.2 Å². The maximum absolute atomic E-state index is 9.85. The summed E-state index contributed by atoms with van der Waals surface area (Å²) in [5.74, 6) is 0.532. The first kappa shape index (κ1) is 8.14. The molecule has 57 valence electrons. The molecule has 0 unspecified atom stereocenters. The van der Waals surface area contributed by atoms with Crippen molar-refractivity contribution >= 4 is 18.0 Å². The van der Waals surface area contributed by atoms with Gasteiger partial charge >= 0.3 is 0 Å². The van der Waals surface area contributed by atoms with Gasteiger partial charge in [0.25, 0.3) is 0 Å². The fraction of sp³-hybridized carbons (Fsp3) is 0.125. The molecule has 0 heterocycles. The van der Waals surface area contributed by atoms with E-state index in [-0.39, 0.29) is 5.75 Å². The standard InChI is InChI=1S/C8H7O2S/c9-4-5-11-8-3-1-2-7(10)6-8/h1-3,6,10H,5H2. The number of aromatic hydroxyl groups is 1. The molecule has 0 saturated carbocycles. The number of hydrogen-bond donors (Lipinski definition) is 1. The van der Waals surface area contributed by atoms with Crippen LogP contribution >= 0.6 is 11.8 Å². The van der Waals surface area contributed by atoms with Gasteiger partial charge in [-0.05, 0) is 18.2 Å². The van der Waals surface area contributed by atoms with Crippen LogP contribution in [-0.4, -0.2) is 17.1 Å². The molecule has 1 radical (unpaired) electrons. The summed E-state index contributed by atoms with van der Waals surface area (Å²) < 4.78 is 0. The minimum Gasteiger partial charge on any atom is -0.508 e. The molecule has 1 N–H and O–H groups in total. The summed E-state index contributed by atoms with van der Waals surface area (Å²) in [6, 6.07) is 6.78. The molecule has 0 aliphatic heterocycles. The number of hydrogen-bond acceptors (Lipinski definition) is 3. The van der Waals surface area contributed by atoms with E-state index in [1.807, 2.05) is 6.07 Å². The van der Waals surface area contributed by atoms with Crippen LogP contribution in [-0.2, 0) is 4.79 Å². The fourth-order valence-electron chi connectivity index (χ4n) is 0.686. The van der Waals surface area contributed by atoms with Crippen molar-refractivity contribution in [2.45, 2.75) is 4.90 Å². The predicted molar refractivity (Wildman–Crippen MR) is 44.5 cm³/mol. The first-order chi connectivity index (χ1) is 5.33. The lowest BCUT2D eigenvalue weighted by molar-refractivity contribution is 0.474. The second-order valence-electron chi connectivity index (χ2n) is 1.93. The van der Waals surface area contributed by atoms with Crippen LogP contribution in [0, 0.1) is 0 Å². The molecule has 2 nitrogen and oxygen atoms in total. The molecule has 1 aromatic carbocycles. The maximum Gasteiger partial charge on any atom is 0.209 e. The van der Waals surface area contributed by atoms with Crippen molar-refractivity contribution in [1.82, 2.24) is 0 Å². The van der Waals surface area contributed by atoms with Gasteiger partial charge in [0.05, 0.1) is 5.75 Å². The molecule has 0 fully saturated rings. The molecule has 0 spiro atoms. The van der Waals surface area contributed by atoms with E-state index in [9.17, 15) is 4.79 Å². The van der Waals surface area contributed by atoms with Gasteiger partial charge in [0.1, 0.15) is 5.75 Å². The van der Waals surface area contributed by atoms with Crippen LogP contribution in [0.3, 0.4) is 0 Å². The van der Waals surface area contributed by atoms with Crippen molar-refractivity contribution in [2.75, 3.05) is 5.75 Å². The molecule has 11 heavy (non-hydrogen) atoms. The van der Waals surface area contributed by atoms with Gasteiger partial charge in [-0.2, -0.15) is 0 Å². The quantitative estimate of drug-likeness (QED) is 0.695. The van der Waals surface area contributed by atoms with Crippen LogP contribution in [0.15, 0.2) is 29.2 Å². The van der Waals surface area contributed by atoms with E-state index < -0.39 is 0 Å². The van der Waals surface area contributed by atoms with Crippen LogP contribution < -0.4 is 0 Å². The number of thioether (sulfide) groups is 1. The number of rotatable bonds is 3. The van der Waals surface area contributed by atoms with Crippen LogP contribution in [0.25, 0.3) is 0 Å². The third-order valence-corrected chi connectivity index (χ3v) is 1.96. The highest BCUT2D eigenvalue weighted by atomic mass is 32.2. The first-order valence-electron chi connectivity index (χ1n) is 3.10. The minimum absolute atomic E-state index is 0.223. The van der Waals surface area contributed by atoms with E-state index in [1.165, 1.54) is 11.8 Å². The van der Waals surface area contributed by atoms with Crippen molar-refractivity contribution in [2.24, 2.45) is 0 Å². The Morgan fingerprint density at radius 3 is 3.00 bits per heavy atom. The highest BCUT2D eigenvalue weighted by Crippen LogP contribution is 2.20. The monoisotopic (exact) mass is 167 g/mol. The Bertz CT molecular complexity index is 248. The van der Waals surface area contributed by atoms with E-state index in [0.29, 0.717) is 5.75 Å². The van der Waals surface area contributed by atoms with Crippen molar-refractivity contribution in [3.05, 3.63) is 24.3 Å². The third-order valence-electron chi connectivity index (χ3n) is 1.12. The zero-order valence-electron chi connectivity index (χ0n) is 5.78. The Morgan fingerprint density at radius 1 is 1.55 bits per heavy atom. The average molecular weight is 167 g/mol. The summed E-state index contributed by atoms with van der Waals surface area (Å²) in [5.41, 5.74) is 0. The van der Waals surface area contributed by atoms with Gasteiger partial charge in [-0.3, -0.25) is 4.79 Å². The van der Waals surface area contributed by atoms with Crippen molar-refractivity contribution < 1.29 is 9.90 Å². The van der Waals surface area contributed by atoms with E-state index >= 15 is 0 Å². The zero-order valence-corrected chi connectivity index (χ0v) is 6.60. The number of phenolic OH excluding ortho intramolecular Hbond substituents is 1. The topological polar surface area (TPSA) is 37.3 Å². The van der Waals surface area contributed by atoms with Gasteiger partial charge in [-0.25, -0.2) is 0 Å². The van der Waals surface area contributed by atoms with Crippen molar-refractivity contribution in [3.63, 3.8) is 0 Å².